The van der Waals surface area contributed by atoms with E-state index in [1.165, 1.54) is 40.7 Å². The molecule has 2 atom stereocenters. The molecule has 0 bridgehead atoms. The van der Waals surface area contributed by atoms with Crippen LogP contribution >= 0.6 is 0 Å². The lowest BCUT2D eigenvalue weighted by Gasteiger charge is -2.44. The Hall–Kier alpha value is -1.62. The third kappa shape index (κ3) is 6.66. The smallest absolute Gasteiger partial charge is 0.139 e. The van der Waals surface area contributed by atoms with Crippen molar-refractivity contribution in [1.82, 2.24) is 9.78 Å². The molecule has 0 amide bonds. The van der Waals surface area contributed by atoms with Crippen LogP contribution in [0.5, 0.6) is 0 Å². The van der Waals surface area contributed by atoms with Crippen LogP contribution in [0.15, 0.2) is 18.2 Å². The predicted octanol–water partition coefficient (Wildman–Crippen LogP) is 7.29. The molecule has 218 valence electrons. The van der Waals surface area contributed by atoms with Crippen molar-refractivity contribution in [3.05, 3.63) is 40.7 Å². The van der Waals surface area contributed by atoms with Gasteiger partial charge in [-0.05, 0) is 67.8 Å². The van der Waals surface area contributed by atoms with Gasteiger partial charge < -0.3 is 20.1 Å². The van der Waals surface area contributed by atoms with Crippen molar-refractivity contribution < 1.29 is 9.47 Å². The highest BCUT2D eigenvalue weighted by atomic mass is 28.3. The van der Waals surface area contributed by atoms with Crippen molar-refractivity contribution in [2.45, 2.75) is 117 Å². The Labute approximate surface area is 239 Å². The lowest BCUT2D eigenvalue weighted by molar-refractivity contribution is 0.0580. The van der Waals surface area contributed by atoms with Gasteiger partial charge in [-0.15, -0.1) is 0 Å². The minimum absolute atomic E-state index is 0.0835. The quantitative estimate of drug-likeness (QED) is 0.207. The van der Waals surface area contributed by atoms with Crippen molar-refractivity contribution in [1.29, 1.82) is 0 Å². The largest absolute Gasteiger partial charge is 0.385 e. The third-order valence-corrected chi connectivity index (χ3v) is 12.3. The number of nitrogens with one attached hydrogen (secondary N) is 2. The molecule has 2 unspecified atom stereocenters. The van der Waals surface area contributed by atoms with Gasteiger partial charge in [-0.3, -0.25) is 0 Å². The van der Waals surface area contributed by atoms with E-state index in [4.69, 9.17) is 14.6 Å². The van der Waals surface area contributed by atoms with Crippen LogP contribution in [0.3, 0.4) is 0 Å². The SMILES string of the molecule is CCNc1ccc2c(c1)NC(c1nn(COCC[Si](C)(C)C)c3c1CCC(C)(C)C3)(C(OCC)[Si](C)(C)C)C2. The van der Waals surface area contributed by atoms with Crippen LogP contribution < -0.4 is 10.6 Å². The minimum atomic E-state index is -1.79. The Kier molecular flexibility index (Phi) is 8.82. The van der Waals surface area contributed by atoms with Crippen molar-refractivity contribution in [3.8, 4) is 0 Å². The number of nitrogens with zero attached hydrogens (tertiary/aromatic N) is 2. The fourth-order valence-electron chi connectivity index (χ4n) is 6.46. The highest BCUT2D eigenvalue weighted by Gasteiger charge is 2.54. The van der Waals surface area contributed by atoms with Crippen LogP contribution in [0.1, 0.15) is 56.6 Å². The number of ether oxygens (including phenoxy) is 2. The summed E-state index contributed by atoms with van der Waals surface area (Å²) in [5.41, 5.74) is 7.67. The molecule has 0 spiro atoms. The summed E-state index contributed by atoms with van der Waals surface area (Å²) in [4.78, 5) is 0. The molecule has 0 saturated carbocycles. The number of aromatic nitrogens is 2. The van der Waals surface area contributed by atoms with Crippen molar-refractivity contribution in [2.75, 3.05) is 30.4 Å². The van der Waals surface area contributed by atoms with E-state index in [1.807, 2.05) is 0 Å². The summed E-state index contributed by atoms with van der Waals surface area (Å²) >= 11 is 0. The second kappa shape index (κ2) is 11.3. The summed E-state index contributed by atoms with van der Waals surface area (Å²) in [6.45, 7) is 26.6. The Bertz CT molecular complexity index is 1150. The van der Waals surface area contributed by atoms with E-state index in [9.17, 15) is 0 Å². The van der Waals surface area contributed by atoms with Crippen molar-refractivity contribution in [3.63, 3.8) is 0 Å². The molecule has 2 heterocycles. The zero-order valence-corrected chi connectivity index (χ0v) is 28.4. The molecule has 1 aliphatic heterocycles. The number of benzene rings is 1. The molecule has 39 heavy (non-hydrogen) atoms. The summed E-state index contributed by atoms with van der Waals surface area (Å²) in [7, 11) is -2.94. The number of rotatable bonds is 12. The van der Waals surface area contributed by atoms with Crippen LogP contribution in [0.25, 0.3) is 0 Å². The molecule has 1 aromatic carbocycles. The van der Waals surface area contributed by atoms with E-state index >= 15 is 0 Å². The maximum absolute atomic E-state index is 6.74. The molecular weight excluding hydrogens is 517 g/mol. The highest BCUT2D eigenvalue weighted by molar-refractivity contribution is 6.77. The van der Waals surface area contributed by atoms with Gasteiger partial charge in [0, 0.05) is 51.3 Å². The molecular formula is C31H54N4O2Si2. The van der Waals surface area contributed by atoms with Gasteiger partial charge in [0.25, 0.3) is 0 Å². The van der Waals surface area contributed by atoms with Gasteiger partial charge in [0.1, 0.15) is 12.3 Å². The van der Waals surface area contributed by atoms with Gasteiger partial charge in [0.05, 0.1) is 19.5 Å². The number of hydrogen-bond donors (Lipinski definition) is 2. The Morgan fingerprint density at radius 1 is 1.10 bits per heavy atom. The maximum atomic E-state index is 6.74. The zero-order chi connectivity index (χ0) is 28.6. The summed E-state index contributed by atoms with van der Waals surface area (Å²) in [5.74, 6) is 0. The van der Waals surface area contributed by atoms with Gasteiger partial charge in [0.2, 0.25) is 0 Å². The normalized spacial score (nSPS) is 21.3. The molecule has 2 aromatic rings. The summed E-state index contributed by atoms with van der Waals surface area (Å²) in [6.07, 6.45) is 4.16. The average Bonchev–Trinajstić information content (AvgIpc) is 3.37. The summed E-state index contributed by atoms with van der Waals surface area (Å²) in [6, 6.07) is 7.96. The first-order chi connectivity index (χ1) is 18.2. The van der Waals surface area contributed by atoms with Crippen molar-refractivity contribution in [2.24, 2.45) is 5.41 Å². The fraction of sp³-hybridized carbons (Fsp3) is 0.710. The first-order valence-electron chi connectivity index (χ1n) is 15.1. The fourth-order valence-corrected chi connectivity index (χ4v) is 9.68. The summed E-state index contributed by atoms with van der Waals surface area (Å²) < 4.78 is 15.3. The van der Waals surface area contributed by atoms with Crippen LogP contribution in [-0.4, -0.2) is 51.4 Å². The molecule has 1 aromatic heterocycles. The van der Waals surface area contributed by atoms with E-state index in [0.29, 0.717) is 13.3 Å². The number of fused-ring (bicyclic) bond motifs is 2. The Morgan fingerprint density at radius 3 is 2.49 bits per heavy atom. The second-order valence-corrected chi connectivity index (χ2v) is 25.7. The highest BCUT2D eigenvalue weighted by Crippen LogP contribution is 2.49. The predicted molar refractivity (Wildman–Crippen MR) is 171 cm³/mol. The van der Waals surface area contributed by atoms with E-state index in [-0.39, 0.29) is 16.7 Å². The van der Waals surface area contributed by atoms with Gasteiger partial charge in [0.15, 0.2) is 0 Å². The van der Waals surface area contributed by atoms with E-state index in [0.717, 1.165) is 38.1 Å². The minimum Gasteiger partial charge on any atom is -0.385 e. The first kappa shape index (κ1) is 30.3. The summed E-state index contributed by atoms with van der Waals surface area (Å²) in [5, 5.41) is 13.1. The van der Waals surface area contributed by atoms with Gasteiger partial charge in [-0.2, -0.15) is 5.10 Å². The van der Waals surface area contributed by atoms with E-state index in [2.05, 4.69) is 100 Å². The lowest BCUT2D eigenvalue weighted by Crippen LogP contribution is -2.58. The molecule has 0 radical (unpaired) electrons. The standard InChI is InChI=1S/C31H54N4O2Si2/c1-11-32-24-14-13-23-20-31(33-26(23)19-24,29(37-12-2)39(8,9)10)28-25-15-16-30(3,4)21-27(25)35(34-28)22-36-17-18-38(5,6)7/h13-14,19,29,32-33H,11-12,15-18,20-22H2,1-10H3. The van der Waals surface area contributed by atoms with E-state index in [1.54, 1.807) is 0 Å². The van der Waals surface area contributed by atoms with Crippen LogP contribution in [-0.2, 0) is 41.0 Å². The molecule has 8 heteroatoms. The number of anilines is 2. The Morgan fingerprint density at radius 2 is 1.85 bits per heavy atom. The molecule has 2 N–H and O–H groups in total. The molecule has 0 saturated heterocycles. The zero-order valence-electron chi connectivity index (χ0n) is 26.4. The third-order valence-electron chi connectivity index (χ3n) is 8.38. The topological polar surface area (TPSA) is 60.3 Å². The van der Waals surface area contributed by atoms with E-state index < -0.39 is 16.1 Å². The Balaban J connectivity index is 1.81. The first-order valence-corrected chi connectivity index (χ1v) is 22.4. The molecule has 1 aliphatic carbocycles. The van der Waals surface area contributed by atoms with Gasteiger partial charge >= 0.3 is 0 Å². The van der Waals surface area contributed by atoms with Gasteiger partial charge in [-0.1, -0.05) is 59.2 Å². The molecule has 0 fully saturated rings. The molecule has 2 aliphatic rings. The molecule has 6 nitrogen and oxygen atoms in total. The number of hydrogen-bond acceptors (Lipinski definition) is 5. The van der Waals surface area contributed by atoms with Crippen LogP contribution in [0, 0.1) is 5.41 Å². The second-order valence-electron chi connectivity index (χ2n) is 14.8. The lowest BCUT2D eigenvalue weighted by atomic mass is 9.74. The van der Waals surface area contributed by atoms with Crippen LogP contribution in [0.2, 0.25) is 45.3 Å². The monoisotopic (exact) mass is 570 g/mol. The van der Waals surface area contributed by atoms with Crippen molar-refractivity contribution >= 4 is 27.5 Å². The van der Waals surface area contributed by atoms with Gasteiger partial charge in [-0.25, -0.2) is 4.68 Å². The average molecular weight is 571 g/mol. The molecule has 4 rings (SSSR count). The van der Waals surface area contributed by atoms with Crippen LogP contribution in [0.4, 0.5) is 11.4 Å². The maximum Gasteiger partial charge on any atom is 0.139 e.